The van der Waals surface area contributed by atoms with E-state index in [0.717, 1.165) is 12.1 Å². The molecule has 0 bridgehead atoms. The molecule has 10 nitrogen and oxygen atoms in total. The zero-order valence-electron chi connectivity index (χ0n) is 15.5. The van der Waals surface area contributed by atoms with Crippen LogP contribution in [0.3, 0.4) is 0 Å². The van der Waals surface area contributed by atoms with Gasteiger partial charge >= 0.3 is 5.97 Å². The molecule has 0 unspecified atom stereocenters. The van der Waals surface area contributed by atoms with Crippen molar-refractivity contribution in [3.63, 3.8) is 0 Å². The first-order chi connectivity index (χ1) is 13.2. The molecule has 28 heavy (non-hydrogen) atoms. The molecular formula is C18H18N4O6. The highest BCUT2D eigenvalue weighted by Gasteiger charge is 2.18. The molecule has 0 aromatic heterocycles. The summed E-state index contributed by atoms with van der Waals surface area (Å²) in [4.78, 5) is 32.0. The molecule has 0 fully saturated rings. The predicted octanol–water partition coefficient (Wildman–Crippen LogP) is 3.78. The fraction of sp³-hybridized carbons (Fsp3) is 0.222. The van der Waals surface area contributed by atoms with Crippen molar-refractivity contribution in [2.45, 2.75) is 20.8 Å². The molecule has 0 radical (unpaired) electrons. The highest BCUT2D eigenvalue weighted by molar-refractivity contribution is 5.93. The fourth-order valence-electron chi connectivity index (χ4n) is 1.91. The quantitative estimate of drug-likeness (QED) is 0.177. The van der Waals surface area contributed by atoms with Gasteiger partial charge in [-0.1, -0.05) is 6.08 Å². The average Bonchev–Trinajstić information content (AvgIpc) is 2.66. The molecule has 0 aliphatic rings. The first kappa shape index (κ1) is 22.0. The molecule has 0 saturated carbocycles. The first-order valence-electron chi connectivity index (χ1n) is 8.03. The van der Waals surface area contributed by atoms with Crippen LogP contribution >= 0.6 is 0 Å². The third-order valence-corrected chi connectivity index (χ3v) is 3.57. The van der Waals surface area contributed by atoms with Gasteiger partial charge in [0.15, 0.2) is 0 Å². The summed E-state index contributed by atoms with van der Waals surface area (Å²) in [5.74, 6) is -0.727. The van der Waals surface area contributed by atoms with Gasteiger partial charge in [0.2, 0.25) is 0 Å². The van der Waals surface area contributed by atoms with Crippen molar-refractivity contribution >= 4 is 23.0 Å². The van der Waals surface area contributed by atoms with Crippen LogP contribution in [-0.4, -0.2) is 22.4 Å². The van der Waals surface area contributed by atoms with E-state index < -0.39 is 21.5 Å². The Labute approximate surface area is 160 Å². The summed E-state index contributed by atoms with van der Waals surface area (Å²) >= 11 is 0. The van der Waals surface area contributed by atoms with Gasteiger partial charge in [-0.15, -0.1) is 0 Å². The third-order valence-electron chi connectivity index (χ3n) is 3.57. The van der Waals surface area contributed by atoms with Crippen molar-refractivity contribution in [3.8, 4) is 6.07 Å². The van der Waals surface area contributed by atoms with E-state index in [1.54, 1.807) is 26.8 Å². The van der Waals surface area contributed by atoms with Crippen molar-refractivity contribution in [1.29, 1.82) is 5.26 Å². The monoisotopic (exact) mass is 386 g/mol. The summed E-state index contributed by atoms with van der Waals surface area (Å²) in [7, 11) is 0. The number of hydrogen-bond acceptors (Lipinski definition) is 8. The zero-order chi connectivity index (χ0) is 21.3. The number of esters is 1. The number of ether oxygens (including phenoxy) is 1. The Kier molecular flexibility index (Phi) is 8.05. The highest BCUT2D eigenvalue weighted by atomic mass is 16.6. The molecule has 1 N–H and O–H groups in total. The van der Waals surface area contributed by atoms with Crippen LogP contribution in [0.15, 0.2) is 53.3 Å². The standard InChI is InChI=1S/C18H18N4O6/c1-4-28-18(23)14(10-19)6-5-12(2)13(3)11-20-16-8-7-15(21(24)25)9-17(16)22(26)27/h5-9,11,20H,4H2,1-3H3/b12-5+,13-11-,14-6-. The van der Waals surface area contributed by atoms with Gasteiger partial charge < -0.3 is 10.1 Å². The van der Waals surface area contributed by atoms with E-state index in [1.807, 2.05) is 0 Å². The van der Waals surface area contributed by atoms with Gasteiger partial charge in [-0.2, -0.15) is 5.26 Å². The minimum atomic E-state index is -0.727. The van der Waals surface area contributed by atoms with Gasteiger partial charge in [0.25, 0.3) is 11.4 Å². The van der Waals surface area contributed by atoms with E-state index in [1.165, 1.54) is 24.4 Å². The van der Waals surface area contributed by atoms with Crippen LogP contribution in [0.1, 0.15) is 20.8 Å². The topological polar surface area (TPSA) is 148 Å². The van der Waals surface area contributed by atoms with E-state index >= 15 is 0 Å². The normalized spacial score (nSPS) is 12.1. The Morgan fingerprint density at radius 1 is 1.21 bits per heavy atom. The minimum Gasteiger partial charge on any atom is -0.462 e. The maximum atomic E-state index is 11.6. The lowest BCUT2D eigenvalue weighted by molar-refractivity contribution is -0.393. The second-order valence-corrected chi connectivity index (χ2v) is 5.45. The number of hydrogen-bond donors (Lipinski definition) is 1. The minimum absolute atomic E-state index is 0.0857. The van der Waals surface area contributed by atoms with Crippen molar-refractivity contribution < 1.29 is 19.4 Å². The molecule has 1 aromatic carbocycles. The summed E-state index contributed by atoms with van der Waals surface area (Å²) in [6.07, 6.45) is 4.33. The SMILES string of the molecule is CCOC(=O)\C(C#N)=C/C=C(C)/C(C)=C\Nc1ccc([N+](=O)[O-])cc1[N+](=O)[O-]. The molecule has 0 spiro atoms. The van der Waals surface area contributed by atoms with Gasteiger partial charge in [0.05, 0.1) is 22.5 Å². The number of carbonyl (C=O) groups excluding carboxylic acids is 1. The third kappa shape index (κ3) is 6.06. The zero-order valence-corrected chi connectivity index (χ0v) is 15.5. The summed E-state index contributed by atoms with van der Waals surface area (Å²) in [6.45, 7) is 5.20. The first-order valence-corrected chi connectivity index (χ1v) is 8.03. The summed E-state index contributed by atoms with van der Waals surface area (Å²) in [5, 5.41) is 33.6. The van der Waals surface area contributed by atoms with Crippen LogP contribution in [0.4, 0.5) is 17.1 Å². The van der Waals surface area contributed by atoms with Gasteiger partial charge in [0, 0.05) is 12.3 Å². The Morgan fingerprint density at radius 2 is 1.89 bits per heavy atom. The number of anilines is 1. The average molecular weight is 386 g/mol. The summed E-state index contributed by atoms with van der Waals surface area (Å²) < 4.78 is 4.76. The van der Waals surface area contributed by atoms with E-state index in [9.17, 15) is 25.0 Å². The molecule has 1 aromatic rings. The molecule has 0 amide bonds. The number of nitrogens with one attached hydrogen (secondary N) is 1. The van der Waals surface area contributed by atoms with Crippen molar-refractivity contribution in [1.82, 2.24) is 0 Å². The predicted molar refractivity (Wildman–Crippen MR) is 101 cm³/mol. The molecule has 0 heterocycles. The number of nitriles is 1. The number of allylic oxidation sites excluding steroid dienone is 4. The largest absolute Gasteiger partial charge is 0.462 e. The van der Waals surface area contributed by atoms with Gasteiger partial charge in [-0.3, -0.25) is 20.2 Å². The lowest BCUT2D eigenvalue weighted by Crippen LogP contribution is -2.05. The number of nitrogens with zero attached hydrogens (tertiary/aromatic N) is 3. The van der Waals surface area contributed by atoms with Crippen molar-refractivity contribution in [2.75, 3.05) is 11.9 Å². The van der Waals surface area contributed by atoms with Crippen LogP contribution in [0.25, 0.3) is 0 Å². The van der Waals surface area contributed by atoms with Crippen molar-refractivity contribution in [2.24, 2.45) is 0 Å². The number of rotatable bonds is 8. The van der Waals surface area contributed by atoms with Gasteiger partial charge in [0.1, 0.15) is 17.3 Å². The lowest BCUT2D eigenvalue weighted by Gasteiger charge is -2.05. The van der Waals surface area contributed by atoms with Crippen molar-refractivity contribution in [3.05, 3.63) is 73.5 Å². The number of benzene rings is 1. The van der Waals surface area contributed by atoms with Crippen LogP contribution in [-0.2, 0) is 9.53 Å². The van der Waals surface area contributed by atoms with E-state index in [2.05, 4.69) is 5.32 Å². The number of nitro groups is 2. The van der Waals surface area contributed by atoms with Crippen LogP contribution in [0, 0.1) is 31.6 Å². The Bertz CT molecular complexity index is 924. The van der Waals surface area contributed by atoms with Crippen LogP contribution in [0.5, 0.6) is 0 Å². The number of non-ortho nitro benzene ring substituents is 1. The second-order valence-electron chi connectivity index (χ2n) is 5.45. The summed E-state index contributed by atoms with van der Waals surface area (Å²) in [5.41, 5.74) is 0.436. The smallest absolute Gasteiger partial charge is 0.348 e. The Morgan fingerprint density at radius 3 is 2.43 bits per heavy atom. The molecule has 0 aliphatic carbocycles. The Hall–Kier alpha value is -4.00. The van der Waals surface area contributed by atoms with E-state index in [4.69, 9.17) is 10.00 Å². The number of carbonyl (C=O) groups is 1. The fourth-order valence-corrected chi connectivity index (χ4v) is 1.91. The van der Waals surface area contributed by atoms with Gasteiger partial charge in [-0.05, 0) is 44.1 Å². The molecule has 1 rings (SSSR count). The van der Waals surface area contributed by atoms with E-state index in [-0.39, 0.29) is 23.6 Å². The van der Waals surface area contributed by atoms with E-state index in [0.29, 0.717) is 11.1 Å². The lowest BCUT2D eigenvalue weighted by atomic mass is 10.1. The number of nitro benzene ring substituents is 2. The Balaban J connectivity index is 3.06. The highest BCUT2D eigenvalue weighted by Crippen LogP contribution is 2.29. The molecule has 10 heteroatoms. The van der Waals surface area contributed by atoms with Crippen LogP contribution in [0.2, 0.25) is 0 Å². The molecule has 146 valence electrons. The molecular weight excluding hydrogens is 368 g/mol. The van der Waals surface area contributed by atoms with Crippen LogP contribution < -0.4 is 5.32 Å². The second kappa shape index (κ2) is 10.2. The molecule has 0 aliphatic heterocycles. The maximum absolute atomic E-state index is 11.6. The maximum Gasteiger partial charge on any atom is 0.348 e. The summed E-state index contributed by atoms with van der Waals surface area (Å²) in [6, 6.07) is 5.02. The molecule has 0 atom stereocenters. The molecule has 0 saturated heterocycles. The van der Waals surface area contributed by atoms with Gasteiger partial charge in [-0.25, -0.2) is 4.79 Å².